The molecule has 0 fully saturated rings. The molecule has 4 nitrogen and oxygen atoms in total. The summed E-state index contributed by atoms with van der Waals surface area (Å²) < 4.78 is 0. The zero-order valence-corrected chi connectivity index (χ0v) is 11.6. The van der Waals surface area contributed by atoms with Gasteiger partial charge in [-0.1, -0.05) is 46.4 Å². The third-order valence-electron chi connectivity index (χ3n) is 1.98. The van der Waals surface area contributed by atoms with Crippen molar-refractivity contribution in [1.82, 2.24) is 5.43 Å². The Hall–Kier alpha value is -1.14. The van der Waals surface area contributed by atoms with Crippen molar-refractivity contribution < 1.29 is 0 Å². The second-order valence-electron chi connectivity index (χ2n) is 2.96. The number of nitrogens with two attached hydrogens (primary N) is 1. The van der Waals surface area contributed by atoms with Crippen molar-refractivity contribution in [2.45, 2.75) is 0 Å². The third kappa shape index (κ3) is 2.64. The van der Waals surface area contributed by atoms with Gasteiger partial charge in [-0.2, -0.15) is 10.5 Å². The highest BCUT2D eigenvalue weighted by atomic mass is 35.5. The number of nitriles is 2. The van der Waals surface area contributed by atoms with E-state index in [-0.39, 0.29) is 36.9 Å². The fourth-order valence-electron chi connectivity index (χ4n) is 1.20. The summed E-state index contributed by atoms with van der Waals surface area (Å²) in [6.45, 7) is 0. The molecule has 0 saturated carbocycles. The van der Waals surface area contributed by atoms with Crippen LogP contribution in [0.1, 0.15) is 5.56 Å². The molecular formula is C10H4Cl4N4. The first-order chi connectivity index (χ1) is 8.47. The Kier molecular flexibility index (Phi) is 5.10. The molecule has 0 radical (unpaired) electrons. The summed E-state index contributed by atoms with van der Waals surface area (Å²) in [7, 11) is 0. The van der Waals surface area contributed by atoms with E-state index in [0.717, 1.165) is 0 Å². The fraction of sp³-hybridized carbons (Fsp3) is 0. The Balaban J connectivity index is 3.72. The van der Waals surface area contributed by atoms with E-state index in [2.05, 4.69) is 5.43 Å². The Morgan fingerprint density at radius 2 is 1.61 bits per heavy atom. The predicted molar refractivity (Wildman–Crippen MR) is 72.0 cm³/mol. The molecule has 0 saturated heterocycles. The molecule has 1 rings (SSSR count). The van der Waals surface area contributed by atoms with Gasteiger partial charge < -0.3 is 5.43 Å². The number of nitrogens with zero attached hydrogens (tertiary/aromatic N) is 2. The number of halogens is 4. The minimum Gasteiger partial charge on any atom is -0.322 e. The van der Waals surface area contributed by atoms with E-state index in [1.54, 1.807) is 12.1 Å². The first-order valence-electron chi connectivity index (χ1n) is 4.32. The lowest BCUT2D eigenvalue weighted by atomic mass is 10.1. The van der Waals surface area contributed by atoms with Gasteiger partial charge >= 0.3 is 0 Å². The van der Waals surface area contributed by atoms with E-state index in [1.807, 2.05) is 0 Å². The molecule has 0 unspecified atom stereocenters. The van der Waals surface area contributed by atoms with Crippen molar-refractivity contribution in [2.24, 2.45) is 5.84 Å². The number of hydrogen-bond donors (Lipinski definition) is 2. The molecule has 1 aromatic rings. The maximum absolute atomic E-state index is 8.82. The molecule has 92 valence electrons. The molecule has 18 heavy (non-hydrogen) atoms. The predicted octanol–water partition coefficient (Wildman–Crippen LogP) is 3.52. The van der Waals surface area contributed by atoms with Gasteiger partial charge in [0.2, 0.25) is 0 Å². The molecule has 0 atom stereocenters. The molecule has 0 spiro atoms. The van der Waals surface area contributed by atoms with Crippen molar-refractivity contribution in [3.63, 3.8) is 0 Å². The van der Waals surface area contributed by atoms with Gasteiger partial charge in [0.05, 0.1) is 25.8 Å². The van der Waals surface area contributed by atoms with Gasteiger partial charge in [0.25, 0.3) is 0 Å². The molecule has 0 aliphatic heterocycles. The van der Waals surface area contributed by atoms with Crippen molar-refractivity contribution in [3.05, 3.63) is 37.3 Å². The van der Waals surface area contributed by atoms with Gasteiger partial charge in [-0.15, -0.1) is 0 Å². The van der Waals surface area contributed by atoms with E-state index < -0.39 is 0 Å². The molecule has 0 aliphatic carbocycles. The topological polar surface area (TPSA) is 85.6 Å². The Morgan fingerprint density at radius 3 is 2.06 bits per heavy atom. The summed E-state index contributed by atoms with van der Waals surface area (Å²) in [6, 6.07) is 4.69. The van der Waals surface area contributed by atoms with E-state index in [4.69, 9.17) is 62.8 Å². The standard InChI is InChI=1S/C10H4Cl4N4/c11-5-1-6(12)8(13)9(14)7(5)10(18-17)4(2-15)3-16/h1,18H,17H2. The van der Waals surface area contributed by atoms with Gasteiger partial charge in [-0.25, -0.2) is 0 Å². The SMILES string of the molecule is N#CC(C#N)=C(NN)c1c(Cl)cc(Cl)c(Cl)c1Cl. The van der Waals surface area contributed by atoms with Crippen LogP contribution in [0.5, 0.6) is 0 Å². The minimum absolute atomic E-state index is 0.00474. The number of nitrogens with one attached hydrogen (secondary N) is 1. The van der Waals surface area contributed by atoms with Crippen LogP contribution in [0, 0.1) is 22.7 Å². The van der Waals surface area contributed by atoms with Gasteiger partial charge in [0.15, 0.2) is 5.57 Å². The number of rotatable bonds is 2. The number of benzene rings is 1. The first-order valence-corrected chi connectivity index (χ1v) is 5.83. The van der Waals surface area contributed by atoms with Gasteiger partial charge in [0, 0.05) is 5.56 Å². The largest absolute Gasteiger partial charge is 0.322 e. The number of allylic oxidation sites excluding steroid dienone is 1. The summed E-state index contributed by atoms with van der Waals surface area (Å²) >= 11 is 23.6. The van der Waals surface area contributed by atoms with Crippen LogP contribution in [0.15, 0.2) is 11.6 Å². The fourth-order valence-corrected chi connectivity index (χ4v) is 2.30. The summed E-state index contributed by atoms with van der Waals surface area (Å²) in [6.07, 6.45) is 0. The summed E-state index contributed by atoms with van der Waals surface area (Å²) in [5.74, 6) is 5.28. The third-order valence-corrected chi connectivity index (χ3v) is 3.54. The van der Waals surface area contributed by atoms with E-state index in [0.29, 0.717) is 0 Å². The molecule has 8 heteroatoms. The van der Waals surface area contributed by atoms with Crippen molar-refractivity contribution in [2.75, 3.05) is 0 Å². The first kappa shape index (κ1) is 14.9. The molecule has 0 bridgehead atoms. The van der Waals surface area contributed by atoms with Gasteiger partial charge in [-0.05, 0) is 6.07 Å². The molecule has 3 N–H and O–H groups in total. The highest BCUT2D eigenvalue weighted by Gasteiger charge is 2.19. The average molecular weight is 322 g/mol. The summed E-state index contributed by atoms with van der Waals surface area (Å²) in [5.41, 5.74) is 2.06. The maximum Gasteiger partial charge on any atom is 0.154 e. The number of hydrazine groups is 1. The molecule has 0 heterocycles. The van der Waals surface area contributed by atoms with Crippen LogP contribution in [-0.4, -0.2) is 0 Å². The van der Waals surface area contributed by atoms with E-state index in [1.165, 1.54) is 6.07 Å². The second kappa shape index (κ2) is 6.15. The van der Waals surface area contributed by atoms with E-state index >= 15 is 0 Å². The van der Waals surface area contributed by atoms with Crippen molar-refractivity contribution in [3.8, 4) is 12.1 Å². The lowest BCUT2D eigenvalue weighted by Gasteiger charge is -2.13. The zero-order chi connectivity index (χ0) is 13.9. The van der Waals surface area contributed by atoms with Crippen molar-refractivity contribution >= 4 is 52.1 Å². The highest BCUT2D eigenvalue weighted by Crippen LogP contribution is 2.40. The second-order valence-corrected chi connectivity index (χ2v) is 4.53. The Bertz CT molecular complexity index is 594. The van der Waals surface area contributed by atoms with Crippen molar-refractivity contribution in [1.29, 1.82) is 10.5 Å². The monoisotopic (exact) mass is 320 g/mol. The zero-order valence-electron chi connectivity index (χ0n) is 8.56. The highest BCUT2D eigenvalue weighted by molar-refractivity contribution is 6.50. The lowest BCUT2D eigenvalue weighted by Crippen LogP contribution is -2.22. The smallest absolute Gasteiger partial charge is 0.154 e. The normalized spacial score (nSPS) is 9.28. The van der Waals surface area contributed by atoms with Crippen LogP contribution in [0.3, 0.4) is 0 Å². The molecule has 0 aromatic heterocycles. The van der Waals surface area contributed by atoms with Crippen LogP contribution in [0.2, 0.25) is 20.1 Å². The Labute approximate surface area is 123 Å². The van der Waals surface area contributed by atoms with E-state index in [9.17, 15) is 0 Å². The summed E-state index contributed by atoms with van der Waals surface area (Å²) in [4.78, 5) is 0. The maximum atomic E-state index is 8.82. The van der Waals surface area contributed by atoms with Gasteiger partial charge in [-0.3, -0.25) is 5.84 Å². The van der Waals surface area contributed by atoms with Gasteiger partial charge in [0.1, 0.15) is 12.1 Å². The molecular weight excluding hydrogens is 318 g/mol. The summed E-state index contributed by atoms with van der Waals surface area (Å²) in [5, 5.41) is 18.0. The lowest BCUT2D eigenvalue weighted by molar-refractivity contribution is 0.987. The molecule has 1 aromatic carbocycles. The molecule has 0 aliphatic rings. The minimum atomic E-state index is -0.278. The van der Waals surface area contributed by atoms with Crippen LogP contribution in [0.25, 0.3) is 5.70 Å². The quantitative estimate of drug-likeness (QED) is 0.287. The molecule has 0 amide bonds. The van der Waals surface area contributed by atoms with Crippen LogP contribution in [-0.2, 0) is 0 Å². The Morgan fingerprint density at radius 1 is 1.06 bits per heavy atom. The van der Waals surface area contributed by atoms with Crippen LogP contribution < -0.4 is 11.3 Å². The van der Waals surface area contributed by atoms with Crippen LogP contribution in [0.4, 0.5) is 0 Å². The van der Waals surface area contributed by atoms with Crippen LogP contribution >= 0.6 is 46.4 Å². The average Bonchev–Trinajstić information content (AvgIpc) is 2.35. The number of hydrogen-bond acceptors (Lipinski definition) is 4.